The van der Waals surface area contributed by atoms with Gasteiger partial charge in [0.15, 0.2) is 0 Å². The third kappa shape index (κ3) is 3.74. The van der Waals surface area contributed by atoms with Gasteiger partial charge >= 0.3 is 0 Å². The van der Waals surface area contributed by atoms with Gasteiger partial charge < -0.3 is 10.6 Å². The Morgan fingerprint density at radius 2 is 1.96 bits per heavy atom. The van der Waals surface area contributed by atoms with Crippen LogP contribution in [0.1, 0.15) is 63.5 Å². The second-order valence-electron chi connectivity index (χ2n) is 8.06. The standard InChI is InChI=1S/C20H27ClF2N2O/c1-20(9-3-4-10-20)18(16-15(22)8-7-14(21)17(16)23)25-19(26)12-5-6-13(11-12)24-2/h7-8,12-13,18,24H,3-6,9-11H2,1-2H3,(H,25,26)/t12-,13-,18?/m1/s1. The van der Waals surface area contributed by atoms with Crippen molar-refractivity contribution in [3.63, 3.8) is 0 Å². The zero-order chi connectivity index (χ0) is 18.9. The minimum atomic E-state index is -0.760. The van der Waals surface area contributed by atoms with E-state index in [0.717, 1.165) is 44.9 Å². The molecule has 0 spiro atoms. The van der Waals surface area contributed by atoms with E-state index in [-0.39, 0.29) is 27.8 Å². The number of hydrogen-bond acceptors (Lipinski definition) is 2. The molecular weight excluding hydrogens is 358 g/mol. The molecule has 0 radical (unpaired) electrons. The van der Waals surface area contributed by atoms with Gasteiger partial charge in [-0.1, -0.05) is 31.4 Å². The largest absolute Gasteiger partial charge is 0.348 e. The van der Waals surface area contributed by atoms with Gasteiger partial charge in [-0.2, -0.15) is 0 Å². The molecule has 144 valence electrons. The molecule has 1 amide bonds. The minimum Gasteiger partial charge on any atom is -0.348 e. The van der Waals surface area contributed by atoms with E-state index < -0.39 is 17.7 Å². The number of benzene rings is 1. The molecular formula is C20H27ClF2N2O. The van der Waals surface area contributed by atoms with Crippen molar-refractivity contribution in [2.75, 3.05) is 7.05 Å². The molecule has 2 aliphatic rings. The molecule has 1 aromatic rings. The maximum Gasteiger partial charge on any atom is 0.223 e. The van der Waals surface area contributed by atoms with Crippen molar-refractivity contribution in [3.05, 3.63) is 34.4 Å². The SMILES string of the molecule is CN[C@@H]1CC[C@@H](C(=O)NC(c2c(F)ccc(Cl)c2F)C2(C)CCCC2)C1. The van der Waals surface area contributed by atoms with Crippen molar-refractivity contribution >= 4 is 17.5 Å². The summed E-state index contributed by atoms with van der Waals surface area (Å²) in [5, 5.41) is 6.10. The topological polar surface area (TPSA) is 41.1 Å². The second-order valence-corrected chi connectivity index (χ2v) is 8.46. The normalized spacial score (nSPS) is 26.0. The van der Waals surface area contributed by atoms with Crippen LogP contribution in [-0.2, 0) is 4.79 Å². The molecule has 0 bridgehead atoms. The Labute approximate surface area is 158 Å². The summed E-state index contributed by atoms with van der Waals surface area (Å²) in [7, 11) is 1.89. The Kier molecular flexibility index (Phi) is 5.88. The van der Waals surface area contributed by atoms with E-state index in [2.05, 4.69) is 10.6 Å². The molecule has 2 saturated carbocycles. The van der Waals surface area contributed by atoms with Gasteiger partial charge in [-0.3, -0.25) is 4.79 Å². The maximum absolute atomic E-state index is 14.7. The van der Waals surface area contributed by atoms with Crippen LogP contribution in [0.15, 0.2) is 12.1 Å². The van der Waals surface area contributed by atoms with Crippen LogP contribution in [0.4, 0.5) is 8.78 Å². The number of carbonyl (C=O) groups is 1. The third-order valence-electron chi connectivity index (χ3n) is 6.31. The van der Waals surface area contributed by atoms with Crippen LogP contribution in [-0.4, -0.2) is 19.0 Å². The van der Waals surface area contributed by atoms with Crippen LogP contribution >= 0.6 is 11.6 Å². The van der Waals surface area contributed by atoms with E-state index in [0.29, 0.717) is 6.04 Å². The van der Waals surface area contributed by atoms with E-state index in [1.165, 1.54) is 12.1 Å². The molecule has 1 aromatic carbocycles. The van der Waals surface area contributed by atoms with E-state index in [1.54, 1.807) is 0 Å². The monoisotopic (exact) mass is 384 g/mol. The lowest BCUT2D eigenvalue weighted by Gasteiger charge is -2.36. The number of halogens is 3. The third-order valence-corrected chi connectivity index (χ3v) is 6.60. The first-order chi connectivity index (χ1) is 12.4. The van der Waals surface area contributed by atoms with Gasteiger partial charge in [0, 0.05) is 17.5 Å². The summed E-state index contributed by atoms with van der Waals surface area (Å²) >= 11 is 5.92. The molecule has 3 atom stereocenters. The molecule has 2 aliphatic carbocycles. The predicted octanol–water partition coefficient (Wildman–Crippen LogP) is 4.74. The molecule has 3 nitrogen and oxygen atoms in total. The molecule has 0 aromatic heterocycles. The fourth-order valence-corrected chi connectivity index (χ4v) is 4.78. The van der Waals surface area contributed by atoms with Gasteiger partial charge in [-0.15, -0.1) is 0 Å². The highest BCUT2D eigenvalue weighted by Crippen LogP contribution is 2.49. The lowest BCUT2D eigenvalue weighted by atomic mass is 9.76. The Bertz CT molecular complexity index is 676. The summed E-state index contributed by atoms with van der Waals surface area (Å²) in [5.74, 6) is -1.64. The summed E-state index contributed by atoms with van der Waals surface area (Å²) < 4.78 is 29.3. The van der Waals surface area contributed by atoms with Crippen molar-refractivity contribution in [1.29, 1.82) is 0 Å². The molecule has 6 heteroatoms. The van der Waals surface area contributed by atoms with E-state index in [9.17, 15) is 13.6 Å². The van der Waals surface area contributed by atoms with Crippen molar-refractivity contribution in [1.82, 2.24) is 10.6 Å². The molecule has 1 unspecified atom stereocenters. The molecule has 0 aliphatic heterocycles. The Balaban J connectivity index is 1.90. The van der Waals surface area contributed by atoms with Gasteiger partial charge in [-0.05, 0) is 56.7 Å². The molecule has 0 saturated heterocycles. The molecule has 0 heterocycles. The maximum atomic E-state index is 14.7. The van der Waals surface area contributed by atoms with E-state index >= 15 is 0 Å². The quantitative estimate of drug-likeness (QED) is 0.719. The highest BCUT2D eigenvalue weighted by Gasteiger charge is 2.43. The van der Waals surface area contributed by atoms with Crippen LogP contribution in [0.5, 0.6) is 0 Å². The van der Waals surface area contributed by atoms with E-state index in [1.807, 2.05) is 14.0 Å². The first kappa shape index (κ1) is 19.6. The smallest absolute Gasteiger partial charge is 0.223 e. The molecule has 26 heavy (non-hydrogen) atoms. The number of carbonyl (C=O) groups excluding carboxylic acids is 1. The van der Waals surface area contributed by atoms with Crippen molar-refractivity contribution in [2.24, 2.45) is 11.3 Å². The van der Waals surface area contributed by atoms with Crippen LogP contribution < -0.4 is 10.6 Å². The average molecular weight is 385 g/mol. The van der Waals surface area contributed by atoms with Gasteiger partial charge in [0.25, 0.3) is 0 Å². The zero-order valence-corrected chi connectivity index (χ0v) is 16.1. The lowest BCUT2D eigenvalue weighted by Crippen LogP contribution is -2.42. The predicted molar refractivity (Wildman–Crippen MR) is 99.0 cm³/mol. The number of amides is 1. The molecule has 3 rings (SSSR count). The molecule has 2 fully saturated rings. The zero-order valence-electron chi connectivity index (χ0n) is 15.4. The fraction of sp³-hybridized carbons (Fsp3) is 0.650. The number of rotatable bonds is 5. The second kappa shape index (κ2) is 7.81. The van der Waals surface area contributed by atoms with Gasteiger partial charge in [0.05, 0.1) is 11.1 Å². The minimum absolute atomic E-state index is 0.0987. The lowest BCUT2D eigenvalue weighted by molar-refractivity contribution is -0.126. The Hall–Kier alpha value is -1.20. The van der Waals surface area contributed by atoms with Crippen LogP contribution in [0.3, 0.4) is 0 Å². The molecule has 2 N–H and O–H groups in total. The van der Waals surface area contributed by atoms with Crippen LogP contribution in [0, 0.1) is 23.0 Å². The van der Waals surface area contributed by atoms with Gasteiger partial charge in [-0.25, -0.2) is 8.78 Å². The number of nitrogens with one attached hydrogen (secondary N) is 2. The van der Waals surface area contributed by atoms with Gasteiger partial charge in [0.1, 0.15) is 11.6 Å². The highest BCUT2D eigenvalue weighted by molar-refractivity contribution is 6.30. The highest BCUT2D eigenvalue weighted by atomic mass is 35.5. The van der Waals surface area contributed by atoms with Gasteiger partial charge in [0.2, 0.25) is 5.91 Å². The summed E-state index contributed by atoms with van der Waals surface area (Å²) in [4.78, 5) is 12.9. The summed E-state index contributed by atoms with van der Waals surface area (Å²) in [6.07, 6.45) is 6.14. The van der Waals surface area contributed by atoms with Crippen molar-refractivity contribution in [3.8, 4) is 0 Å². The average Bonchev–Trinajstić information content (AvgIpc) is 3.27. The number of hydrogen-bond donors (Lipinski definition) is 2. The fourth-order valence-electron chi connectivity index (χ4n) is 4.62. The van der Waals surface area contributed by atoms with Crippen LogP contribution in [0.2, 0.25) is 5.02 Å². The summed E-state index contributed by atoms with van der Waals surface area (Å²) in [6.45, 7) is 2.01. The Morgan fingerprint density at radius 1 is 1.27 bits per heavy atom. The van der Waals surface area contributed by atoms with Crippen LogP contribution in [0.25, 0.3) is 0 Å². The van der Waals surface area contributed by atoms with E-state index in [4.69, 9.17) is 11.6 Å². The van der Waals surface area contributed by atoms with Crippen molar-refractivity contribution < 1.29 is 13.6 Å². The van der Waals surface area contributed by atoms with Crippen molar-refractivity contribution in [2.45, 2.75) is 64.0 Å². The summed E-state index contributed by atoms with van der Waals surface area (Å²) in [5.41, 5.74) is -0.471. The first-order valence-corrected chi connectivity index (χ1v) is 9.84. The first-order valence-electron chi connectivity index (χ1n) is 9.47. The summed E-state index contributed by atoms with van der Waals surface area (Å²) in [6, 6.07) is 2.03. The Morgan fingerprint density at radius 3 is 2.58 bits per heavy atom.